The molecule has 0 amide bonds. The van der Waals surface area contributed by atoms with E-state index in [0.29, 0.717) is 0 Å². The van der Waals surface area contributed by atoms with Gasteiger partial charge < -0.3 is 0 Å². The van der Waals surface area contributed by atoms with E-state index in [1.54, 1.807) is 11.3 Å². The second-order valence-corrected chi connectivity index (χ2v) is 4.04. The first-order valence-corrected chi connectivity index (χ1v) is 4.54. The lowest BCUT2D eigenvalue weighted by molar-refractivity contribution is 1.25. The zero-order valence-electron chi connectivity index (χ0n) is 5.51. The van der Waals surface area contributed by atoms with E-state index in [2.05, 4.69) is 18.2 Å². The number of aryl methyl sites for hydroxylation is 2. The summed E-state index contributed by atoms with van der Waals surface area (Å²) in [5.74, 6) is 0. The first-order valence-electron chi connectivity index (χ1n) is 2.65. The van der Waals surface area contributed by atoms with Crippen molar-refractivity contribution in [3.8, 4) is 0 Å². The van der Waals surface area contributed by atoms with Gasteiger partial charge in [-0.3, -0.25) is 0 Å². The van der Waals surface area contributed by atoms with Crippen molar-refractivity contribution in [2.45, 2.75) is 13.8 Å². The Balaban J connectivity index is 3.11. The van der Waals surface area contributed by atoms with Gasteiger partial charge in [0.05, 0.1) is 5.69 Å². The molecule has 0 aliphatic heterocycles. The lowest BCUT2D eigenvalue weighted by Crippen LogP contribution is -1.86. The van der Waals surface area contributed by atoms with Gasteiger partial charge in [0.25, 0.3) is 0 Å². The average molecular weight is 157 g/mol. The molecule has 9 heavy (non-hydrogen) atoms. The third-order valence-corrected chi connectivity index (χ3v) is 3.06. The van der Waals surface area contributed by atoms with Crippen molar-refractivity contribution in [3.05, 3.63) is 10.6 Å². The molecule has 48 valence electrons. The summed E-state index contributed by atoms with van der Waals surface area (Å²) in [6.45, 7) is 4.11. The van der Waals surface area contributed by atoms with Gasteiger partial charge in [-0.05, 0) is 22.1 Å². The molecule has 1 nitrogen and oxygen atoms in total. The molecule has 0 aliphatic rings. The van der Waals surface area contributed by atoms with Crippen molar-refractivity contribution in [3.63, 3.8) is 0 Å². The Hall–Kier alpha value is -0.200. The van der Waals surface area contributed by atoms with Crippen LogP contribution in [0.25, 0.3) is 0 Å². The fourth-order valence-electron chi connectivity index (χ4n) is 0.523. The maximum atomic E-state index is 4.27. The monoisotopic (exact) mass is 157 g/mol. The number of hydrogen-bond acceptors (Lipinski definition) is 2. The maximum absolute atomic E-state index is 4.27. The topological polar surface area (TPSA) is 12.9 Å². The minimum atomic E-state index is 1.03. The molecule has 0 spiro atoms. The molecule has 1 aromatic rings. The van der Waals surface area contributed by atoms with Gasteiger partial charge in [-0.2, -0.15) is 0 Å². The number of aromatic nitrogens is 1. The summed E-state index contributed by atoms with van der Waals surface area (Å²) in [6, 6.07) is 0. The standard InChI is InChI=1S/C6H8NPS/c1-4-5(2)9-6(7-4)8-3/h3H2,1-2H3. The van der Waals surface area contributed by atoms with Gasteiger partial charge in [-0.25, -0.2) is 4.98 Å². The van der Waals surface area contributed by atoms with E-state index in [9.17, 15) is 0 Å². The minimum absolute atomic E-state index is 1.03. The van der Waals surface area contributed by atoms with E-state index in [1.165, 1.54) is 4.88 Å². The summed E-state index contributed by atoms with van der Waals surface area (Å²) < 4.78 is 1.12. The number of nitrogens with zero attached hydrogens (tertiary/aromatic N) is 1. The quantitative estimate of drug-likeness (QED) is 0.566. The Morgan fingerprint density at radius 2 is 2.22 bits per heavy atom. The summed E-state index contributed by atoms with van der Waals surface area (Å²) >= 11 is 1.73. The Morgan fingerprint density at radius 1 is 1.56 bits per heavy atom. The summed E-state index contributed by atoms with van der Waals surface area (Å²) in [6.07, 6.45) is 3.73. The summed E-state index contributed by atoms with van der Waals surface area (Å²) in [4.78, 5) is 5.58. The van der Waals surface area contributed by atoms with Gasteiger partial charge in [0.1, 0.15) is 4.75 Å². The SMILES string of the molecule is C=Pc1nc(C)c(C)s1. The average Bonchev–Trinajstić information content (AvgIpc) is 2.13. The van der Waals surface area contributed by atoms with Gasteiger partial charge >= 0.3 is 0 Å². The molecule has 0 unspecified atom stereocenters. The van der Waals surface area contributed by atoms with E-state index in [-0.39, 0.29) is 0 Å². The molecule has 0 aliphatic carbocycles. The van der Waals surface area contributed by atoms with Gasteiger partial charge in [0, 0.05) is 4.88 Å². The highest BCUT2D eigenvalue weighted by Gasteiger charge is 1.97. The van der Waals surface area contributed by atoms with Crippen LogP contribution in [0.1, 0.15) is 10.6 Å². The molecule has 0 radical (unpaired) electrons. The lowest BCUT2D eigenvalue weighted by atomic mass is 10.4. The van der Waals surface area contributed by atoms with Crippen LogP contribution < -0.4 is 4.75 Å². The van der Waals surface area contributed by atoms with Gasteiger partial charge in [0.2, 0.25) is 0 Å². The van der Waals surface area contributed by atoms with Crippen molar-refractivity contribution in [1.82, 2.24) is 4.98 Å². The second-order valence-electron chi connectivity index (χ2n) is 1.80. The zero-order chi connectivity index (χ0) is 6.85. The highest BCUT2D eigenvalue weighted by molar-refractivity contribution is 7.54. The zero-order valence-corrected chi connectivity index (χ0v) is 7.22. The fourth-order valence-corrected chi connectivity index (χ4v) is 2.06. The van der Waals surface area contributed by atoms with Crippen LogP contribution in [0.3, 0.4) is 0 Å². The first kappa shape index (κ1) is 6.91. The largest absolute Gasteiger partial charge is 0.237 e. The smallest absolute Gasteiger partial charge is 0.142 e. The molecule has 1 heterocycles. The molecule has 0 saturated heterocycles. The van der Waals surface area contributed by atoms with Gasteiger partial charge in [0.15, 0.2) is 0 Å². The molecule has 0 bridgehead atoms. The van der Waals surface area contributed by atoms with Gasteiger partial charge in [-0.1, -0.05) is 6.30 Å². The minimum Gasteiger partial charge on any atom is -0.237 e. The normalized spacial score (nSPS) is 10.4. The Bertz CT molecular complexity index is 209. The van der Waals surface area contributed by atoms with Crippen molar-refractivity contribution in [2.24, 2.45) is 0 Å². The third kappa shape index (κ3) is 1.38. The number of rotatable bonds is 1. The van der Waals surface area contributed by atoms with Crippen LogP contribution in [0.15, 0.2) is 0 Å². The van der Waals surface area contributed by atoms with Gasteiger partial charge in [-0.15, -0.1) is 11.3 Å². The van der Waals surface area contributed by atoms with Crippen LogP contribution in [-0.2, 0) is 0 Å². The predicted molar refractivity (Wildman–Crippen MR) is 45.3 cm³/mol. The molecule has 1 aromatic heterocycles. The lowest BCUT2D eigenvalue weighted by Gasteiger charge is -1.77. The molecule has 1 rings (SSSR count). The van der Waals surface area contributed by atoms with E-state index in [1.807, 2.05) is 6.92 Å². The van der Waals surface area contributed by atoms with Crippen molar-refractivity contribution >= 4 is 30.6 Å². The fraction of sp³-hybridized carbons (Fsp3) is 0.333. The highest BCUT2D eigenvalue weighted by Crippen LogP contribution is 2.11. The Kier molecular flexibility index (Phi) is 1.99. The van der Waals surface area contributed by atoms with E-state index < -0.39 is 0 Å². The Morgan fingerprint density at radius 3 is 2.44 bits per heavy atom. The summed E-state index contributed by atoms with van der Waals surface area (Å²) in [7, 11) is 1.03. The van der Waals surface area contributed by atoms with Crippen molar-refractivity contribution < 1.29 is 0 Å². The van der Waals surface area contributed by atoms with Crippen LogP contribution in [0, 0.1) is 13.8 Å². The predicted octanol–water partition coefficient (Wildman–Crippen LogP) is 1.76. The van der Waals surface area contributed by atoms with E-state index in [0.717, 1.165) is 18.6 Å². The first-order chi connectivity index (χ1) is 4.24. The molecule has 0 atom stereocenters. The molecule has 0 fully saturated rings. The molecule has 0 aromatic carbocycles. The van der Waals surface area contributed by atoms with E-state index in [4.69, 9.17) is 0 Å². The highest BCUT2D eigenvalue weighted by atomic mass is 32.1. The summed E-state index contributed by atoms with van der Waals surface area (Å²) in [5.41, 5.74) is 1.14. The third-order valence-electron chi connectivity index (χ3n) is 1.15. The van der Waals surface area contributed by atoms with Crippen LogP contribution in [-0.4, -0.2) is 11.3 Å². The molecule has 3 heteroatoms. The molecule has 0 N–H and O–H groups in total. The summed E-state index contributed by atoms with van der Waals surface area (Å²) in [5, 5.41) is 0. The molecular weight excluding hydrogens is 149 g/mol. The molecular formula is C6H8NPS. The second kappa shape index (κ2) is 2.59. The van der Waals surface area contributed by atoms with Crippen LogP contribution in [0.5, 0.6) is 0 Å². The van der Waals surface area contributed by atoms with Crippen LogP contribution in [0.4, 0.5) is 0 Å². The number of hydrogen-bond donors (Lipinski definition) is 0. The van der Waals surface area contributed by atoms with Crippen LogP contribution in [0.2, 0.25) is 0 Å². The van der Waals surface area contributed by atoms with Crippen molar-refractivity contribution in [2.75, 3.05) is 0 Å². The number of thiazole rings is 1. The van der Waals surface area contributed by atoms with Crippen LogP contribution >= 0.6 is 19.5 Å². The van der Waals surface area contributed by atoms with Crippen molar-refractivity contribution in [1.29, 1.82) is 0 Å². The Labute approximate surface area is 60.6 Å². The molecule has 0 saturated carbocycles. The maximum Gasteiger partial charge on any atom is 0.142 e. The van der Waals surface area contributed by atoms with E-state index >= 15 is 0 Å².